The largest absolute Gasteiger partial charge is 0.491 e. The SMILES string of the molecule is COc1c(F)c(-c2ccccc2)cc(F)c1N(c1ccon1)S(=O)(=O)c1ccc2cnccc2c1. The summed E-state index contributed by atoms with van der Waals surface area (Å²) < 4.78 is 69.6. The van der Waals surface area contributed by atoms with Crippen LogP contribution in [-0.4, -0.2) is 25.7 Å². The highest BCUT2D eigenvalue weighted by molar-refractivity contribution is 7.93. The van der Waals surface area contributed by atoms with Crippen LogP contribution in [0.25, 0.3) is 21.9 Å². The number of benzene rings is 3. The Morgan fingerprint density at radius 2 is 1.77 bits per heavy atom. The molecule has 0 amide bonds. The molecule has 35 heavy (non-hydrogen) atoms. The van der Waals surface area contributed by atoms with Gasteiger partial charge in [-0.25, -0.2) is 21.5 Å². The number of hydrogen-bond donors (Lipinski definition) is 0. The van der Waals surface area contributed by atoms with E-state index in [2.05, 4.69) is 10.1 Å². The molecule has 0 N–H and O–H groups in total. The first-order chi connectivity index (χ1) is 16.9. The zero-order valence-electron chi connectivity index (χ0n) is 18.2. The Bertz CT molecular complexity index is 1630. The Hall–Kier alpha value is -4.31. The van der Waals surface area contributed by atoms with E-state index in [-0.39, 0.29) is 16.3 Å². The third-order valence-electron chi connectivity index (χ3n) is 5.42. The number of halogens is 2. The van der Waals surface area contributed by atoms with Crippen LogP contribution in [0.5, 0.6) is 5.75 Å². The Balaban J connectivity index is 1.76. The highest BCUT2D eigenvalue weighted by atomic mass is 32.2. The Kier molecular flexibility index (Phi) is 5.65. The van der Waals surface area contributed by atoms with Crippen LogP contribution in [0.4, 0.5) is 20.3 Å². The van der Waals surface area contributed by atoms with Crippen LogP contribution < -0.4 is 9.04 Å². The molecule has 5 aromatic rings. The molecule has 176 valence electrons. The molecule has 2 aromatic heterocycles. The lowest BCUT2D eigenvalue weighted by molar-refractivity contribution is 0.385. The van der Waals surface area contributed by atoms with Gasteiger partial charge in [0, 0.05) is 29.4 Å². The molecule has 5 rings (SSSR count). The first-order valence-corrected chi connectivity index (χ1v) is 11.8. The number of rotatable bonds is 6. The van der Waals surface area contributed by atoms with Crippen LogP contribution in [0, 0.1) is 11.6 Å². The molecule has 7 nitrogen and oxygen atoms in total. The van der Waals surface area contributed by atoms with Crippen molar-refractivity contribution in [1.29, 1.82) is 0 Å². The van der Waals surface area contributed by atoms with Crippen molar-refractivity contribution in [1.82, 2.24) is 10.1 Å². The van der Waals surface area contributed by atoms with Crippen molar-refractivity contribution in [3.05, 3.63) is 97.0 Å². The summed E-state index contributed by atoms with van der Waals surface area (Å²) in [6.45, 7) is 0. The van der Waals surface area contributed by atoms with E-state index in [1.165, 1.54) is 24.4 Å². The van der Waals surface area contributed by atoms with Gasteiger partial charge in [-0.3, -0.25) is 4.98 Å². The fourth-order valence-corrected chi connectivity index (χ4v) is 5.27. The molecule has 2 heterocycles. The summed E-state index contributed by atoms with van der Waals surface area (Å²) >= 11 is 0. The standard InChI is InChI=1S/C25H17F2N3O4S/c1-33-25-23(27)20(16-5-3-2-4-6-16)14-21(26)24(25)30(22-10-12-34-29-22)35(31,32)19-8-7-18-15-28-11-9-17(18)13-19/h2-15H,1H3. The topological polar surface area (TPSA) is 85.5 Å². The first kappa shape index (κ1) is 22.5. The van der Waals surface area contributed by atoms with Crippen LogP contribution in [0.1, 0.15) is 0 Å². The molecule has 10 heteroatoms. The van der Waals surface area contributed by atoms with Gasteiger partial charge in [0.05, 0.1) is 12.0 Å². The maximum absolute atomic E-state index is 15.7. The minimum Gasteiger partial charge on any atom is -0.491 e. The quantitative estimate of drug-likeness (QED) is 0.302. The molecule has 0 saturated carbocycles. The Labute approximate surface area is 199 Å². The van der Waals surface area contributed by atoms with E-state index in [0.717, 1.165) is 19.4 Å². The van der Waals surface area contributed by atoms with Crippen molar-refractivity contribution in [2.24, 2.45) is 0 Å². The monoisotopic (exact) mass is 493 g/mol. The summed E-state index contributed by atoms with van der Waals surface area (Å²) in [4.78, 5) is 3.84. The van der Waals surface area contributed by atoms with E-state index in [9.17, 15) is 8.42 Å². The van der Waals surface area contributed by atoms with Gasteiger partial charge in [0.1, 0.15) is 12.0 Å². The van der Waals surface area contributed by atoms with Gasteiger partial charge in [-0.15, -0.1) is 0 Å². The molecule has 0 aliphatic rings. The van der Waals surface area contributed by atoms with Crippen LogP contribution in [0.2, 0.25) is 0 Å². The van der Waals surface area contributed by atoms with Gasteiger partial charge in [-0.1, -0.05) is 41.6 Å². The summed E-state index contributed by atoms with van der Waals surface area (Å²) in [5, 5.41) is 5.00. The van der Waals surface area contributed by atoms with Crippen molar-refractivity contribution in [3.8, 4) is 16.9 Å². The minimum atomic E-state index is -4.51. The number of hydrogen-bond acceptors (Lipinski definition) is 6. The maximum atomic E-state index is 15.7. The number of pyridine rings is 1. The number of anilines is 2. The lowest BCUT2D eigenvalue weighted by Gasteiger charge is -2.25. The fourth-order valence-electron chi connectivity index (χ4n) is 3.79. The highest BCUT2D eigenvalue weighted by Crippen LogP contribution is 2.44. The lowest BCUT2D eigenvalue weighted by atomic mass is 10.0. The lowest BCUT2D eigenvalue weighted by Crippen LogP contribution is -2.28. The second kappa shape index (κ2) is 8.80. The molecule has 0 spiro atoms. The van der Waals surface area contributed by atoms with Crippen LogP contribution >= 0.6 is 0 Å². The van der Waals surface area contributed by atoms with Crippen molar-refractivity contribution in [3.63, 3.8) is 0 Å². The molecule has 0 fully saturated rings. The summed E-state index contributed by atoms with van der Waals surface area (Å²) in [5.74, 6) is -2.83. The average Bonchev–Trinajstić information content (AvgIpc) is 3.40. The van der Waals surface area contributed by atoms with E-state index in [0.29, 0.717) is 20.6 Å². The number of fused-ring (bicyclic) bond motifs is 1. The predicted octanol–water partition coefficient (Wildman–Crippen LogP) is 5.70. The Morgan fingerprint density at radius 1 is 0.971 bits per heavy atom. The highest BCUT2D eigenvalue weighted by Gasteiger charge is 2.36. The van der Waals surface area contributed by atoms with Gasteiger partial charge in [0.15, 0.2) is 23.2 Å². The van der Waals surface area contributed by atoms with Crippen molar-refractivity contribution >= 4 is 32.3 Å². The average molecular weight is 493 g/mol. The summed E-state index contributed by atoms with van der Waals surface area (Å²) in [6, 6.07) is 16.4. The van der Waals surface area contributed by atoms with E-state index < -0.39 is 33.1 Å². The molecular weight excluding hydrogens is 476 g/mol. The van der Waals surface area contributed by atoms with Gasteiger partial charge >= 0.3 is 0 Å². The molecule has 0 aliphatic carbocycles. The second-order valence-electron chi connectivity index (χ2n) is 7.48. The van der Waals surface area contributed by atoms with E-state index in [1.807, 2.05) is 0 Å². The van der Waals surface area contributed by atoms with Gasteiger partial charge in [0.2, 0.25) is 0 Å². The van der Waals surface area contributed by atoms with Gasteiger partial charge in [-0.2, -0.15) is 0 Å². The van der Waals surface area contributed by atoms with Crippen molar-refractivity contribution in [2.75, 3.05) is 11.4 Å². The second-order valence-corrected chi connectivity index (χ2v) is 9.27. The molecule has 0 aliphatic heterocycles. The number of ether oxygens (including phenoxy) is 1. The van der Waals surface area contributed by atoms with Gasteiger partial charge in [-0.05, 0) is 35.2 Å². The number of nitrogens with zero attached hydrogens (tertiary/aromatic N) is 3. The van der Waals surface area contributed by atoms with Crippen LogP contribution in [0.3, 0.4) is 0 Å². The summed E-state index contributed by atoms with van der Waals surface area (Å²) in [7, 11) is -3.38. The van der Waals surface area contributed by atoms with Gasteiger partial charge in [0.25, 0.3) is 10.0 Å². The predicted molar refractivity (Wildman–Crippen MR) is 126 cm³/mol. The van der Waals surface area contributed by atoms with E-state index in [4.69, 9.17) is 9.26 Å². The van der Waals surface area contributed by atoms with Crippen LogP contribution in [-0.2, 0) is 10.0 Å². The smallest absolute Gasteiger partial charge is 0.270 e. The maximum Gasteiger partial charge on any atom is 0.270 e. The summed E-state index contributed by atoms with van der Waals surface area (Å²) in [6.07, 6.45) is 4.24. The Morgan fingerprint density at radius 3 is 2.49 bits per heavy atom. The molecule has 3 aromatic carbocycles. The first-order valence-electron chi connectivity index (χ1n) is 10.3. The van der Waals surface area contributed by atoms with E-state index >= 15 is 8.78 Å². The van der Waals surface area contributed by atoms with Gasteiger partial charge < -0.3 is 9.26 Å². The molecular formula is C25H17F2N3O4S. The normalized spacial score (nSPS) is 11.5. The third kappa shape index (κ3) is 3.87. The zero-order chi connectivity index (χ0) is 24.6. The molecule has 0 radical (unpaired) electrons. The van der Waals surface area contributed by atoms with Crippen LogP contribution in [0.15, 0.2) is 94.8 Å². The molecule has 0 unspecified atom stereocenters. The number of methoxy groups -OCH3 is 1. The van der Waals surface area contributed by atoms with Crippen molar-refractivity contribution < 1.29 is 26.5 Å². The fraction of sp³-hybridized carbons (Fsp3) is 0.0400. The number of aromatic nitrogens is 2. The summed E-state index contributed by atoms with van der Waals surface area (Å²) in [5.41, 5.74) is -0.347. The minimum absolute atomic E-state index is 0.0839. The van der Waals surface area contributed by atoms with Crippen molar-refractivity contribution in [2.45, 2.75) is 4.90 Å². The third-order valence-corrected chi connectivity index (χ3v) is 7.12. The zero-order valence-corrected chi connectivity index (χ0v) is 19.0. The molecule has 0 atom stereocenters. The molecule has 0 bridgehead atoms. The number of sulfonamides is 1. The van der Waals surface area contributed by atoms with E-state index in [1.54, 1.807) is 48.7 Å². The molecule has 0 saturated heterocycles.